The summed E-state index contributed by atoms with van der Waals surface area (Å²) in [6, 6.07) is 12.1. The fourth-order valence-corrected chi connectivity index (χ4v) is 3.67. The van der Waals surface area contributed by atoms with Gasteiger partial charge in [-0.3, -0.25) is 0 Å². The molecule has 30 heavy (non-hydrogen) atoms. The number of benzene rings is 2. The van der Waals surface area contributed by atoms with Gasteiger partial charge in [-0.1, -0.05) is 18.2 Å². The summed E-state index contributed by atoms with van der Waals surface area (Å²) >= 11 is 0. The second-order valence-corrected chi connectivity index (χ2v) is 8.05. The maximum atomic E-state index is 12.3. The summed E-state index contributed by atoms with van der Waals surface area (Å²) in [7, 11) is 1.07. The van der Waals surface area contributed by atoms with Crippen molar-refractivity contribution in [3.05, 3.63) is 53.6 Å². The van der Waals surface area contributed by atoms with E-state index in [1.807, 2.05) is 18.2 Å². The normalized spacial score (nSPS) is 11.9. The number of guanidine groups is 1. The molecule has 0 unspecified atom stereocenters. The second-order valence-electron chi connectivity index (χ2n) is 6.28. The Morgan fingerprint density at radius 1 is 1.03 bits per heavy atom. The largest absolute Gasteiger partial charge is 0.493 e. The summed E-state index contributed by atoms with van der Waals surface area (Å²) < 4.78 is 42.4. The van der Waals surface area contributed by atoms with Crippen LogP contribution < -0.4 is 25.2 Å². The van der Waals surface area contributed by atoms with E-state index in [2.05, 4.69) is 15.0 Å². The van der Waals surface area contributed by atoms with Gasteiger partial charge >= 0.3 is 0 Å². The molecule has 2 aromatic rings. The summed E-state index contributed by atoms with van der Waals surface area (Å²) in [5, 5.41) is 3.02. The molecule has 0 bridgehead atoms. The number of methoxy groups -OCH3 is 3. The monoisotopic (exact) mass is 436 g/mol. The minimum absolute atomic E-state index is 0.170. The molecule has 0 radical (unpaired) electrons. The van der Waals surface area contributed by atoms with Gasteiger partial charge < -0.3 is 25.3 Å². The van der Waals surface area contributed by atoms with Crippen molar-refractivity contribution in [3.8, 4) is 11.5 Å². The predicted octanol–water partition coefficient (Wildman–Crippen LogP) is 1.23. The highest BCUT2D eigenvalue weighted by Gasteiger charge is 2.13. The van der Waals surface area contributed by atoms with E-state index in [9.17, 15) is 8.42 Å². The maximum Gasteiger partial charge on any atom is 0.240 e. The summed E-state index contributed by atoms with van der Waals surface area (Å²) in [5.41, 5.74) is 7.61. The molecule has 10 heteroatoms. The third-order valence-electron chi connectivity index (χ3n) is 4.16. The number of hydrogen-bond acceptors (Lipinski definition) is 6. The Labute approximate surface area is 177 Å². The average Bonchev–Trinajstić information content (AvgIpc) is 2.76. The first kappa shape index (κ1) is 23.5. The zero-order valence-electron chi connectivity index (χ0n) is 17.3. The SMILES string of the molecule is COCCNS(=O)(=O)c1cccc(CN=C(N)NCc2ccc(OC)c(OC)c2)c1. The highest BCUT2D eigenvalue weighted by molar-refractivity contribution is 7.89. The molecule has 0 aliphatic carbocycles. The smallest absolute Gasteiger partial charge is 0.240 e. The standard InChI is InChI=1S/C20H28N4O5S/c1-27-10-9-24-30(25,26)17-6-4-5-15(11-17)13-22-20(21)23-14-16-7-8-18(28-2)19(12-16)29-3/h4-8,11-12,24H,9-10,13-14H2,1-3H3,(H3,21,22,23). The molecule has 4 N–H and O–H groups in total. The van der Waals surface area contributed by atoms with Gasteiger partial charge in [0.2, 0.25) is 10.0 Å². The first-order chi connectivity index (χ1) is 14.4. The van der Waals surface area contributed by atoms with Gasteiger partial charge in [-0.25, -0.2) is 18.1 Å². The van der Waals surface area contributed by atoms with E-state index < -0.39 is 10.0 Å². The Bertz CT molecular complexity index is 963. The van der Waals surface area contributed by atoms with Crippen LogP contribution in [-0.2, 0) is 27.8 Å². The van der Waals surface area contributed by atoms with Crippen LogP contribution >= 0.6 is 0 Å². The van der Waals surface area contributed by atoms with Gasteiger partial charge in [-0.2, -0.15) is 0 Å². The number of aliphatic imine (C=N–C) groups is 1. The fraction of sp³-hybridized carbons (Fsp3) is 0.350. The molecule has 0 amide bonds. The summed E-state index contributed by atoms with van der Waals surface area (Å²) in [6.45, 7) is 1.19. The zero-order valence-corrected chi connectivity index (χ0v) is 18.2. The lowest BCUT2D eigenvalue weighted by atomic mass is 10.2. The molecule has 0 saturated carbocycles. The van der Waals surface area contributed by atoms with Crippen molar-refractivity contribution < 1.29 is 22.6 Å². The average molecular weight is 437 g/mol. The van der Waals surface area contributed by atoms with Crippen molar-refractivity contribution >= 4 is 16.0 Å². The van der Waals surface area contributed by atoms with Crippen LogP contribution in [0.3, 0.4) is 0 Å². The second kappa shape index (κ2) is 11.4. The molecule has 9 nitrogen and oxygen atoms in total. The van der Waals surface area contributed by atoms with Gasteiger partial charge in [0.15, 0.2) is 17.5 Å². The quantitative estimate of drug-likeness (QED) is 0.275. The van der Waals surface area contributed by atoms with E-state index in [1.54, 1.807) is 32.4 Å². The lowest BCUT2D eigenvalue weighted by Crippen LogP contribution is -2.31. The molecular weight excluding hydrogens is 408 g/mol. The number of nitrogens with zero attached hydrogens (tertiary/aromatic N) is 1. The minimum Gasteiger partial charge on any atom is -0.493 e. The number of ether oxygens (including phenoxy) is 3. The lowest BCUT2D eigenvalue weighted by Gasteiger charge is -2.11. The Morgan fingerprint density at radius 2 is 1.80 bits per heavy atom. The van der Waals surface area contributed by atoms with Gasteiger partial charge in [0, 0.05) is 20.2 Å². The van der Waals surface area contributed by atoms with E-state index in [1.165, 1.54) is 13.2 Å². The van der Waals surface area contributed by atoms with Crippen molar-refractivity contribution in [2.45, 2.75) is 18.0 Å². The van der Waals surface area contributed by atoms with E-state index in [0.29, 0.717) is 24.7 Å². The van der Waals surface area contributed by atoms with Crippen LogP contribution in [0.15, 0.2) is 52.4 Å². The van der Waals surface area contributed by atoms with E-state index in [0.717, 1.165) is 11.1 Å². The van der Waals surface area contributed by atoms with Gasteiger partial charge in [0.1, 0.15) is 0 Å². The van der Waals surface area contributed by atoms with E-state index in [4.69, 9.17) is 19.9 Å². The number of nitrogens with two attached hydrogens (primary N) is 1. The highest BCUT2D eigenvalue weighted by Crippen LogP contribution is 2.27. The molecular formula is C20H28N4O5S. The highest BCUT2D eigenvalue weighted by atomic mass is 32.2. The van der Waals surface area contributed by atoms with Crippen molar-refractivity contribution in [3.63, 3.8) is 0 Å². The number of hydrogen-bond donors (Lipinski definition) is 3. The molecule has 0 aliphatic heterocycles. The fourth-order valence-electron chi connectivity index (χ4n) is 2.59. The van der Waals surface area contributed by atoms with E-state index in [-0.39, 0.29) is 23.9 Å². The third kappa shape index (κ3) is 6.90. The van der Waals surface area contributed by atoms with Crippen LogP contribution in [0.25, 0.3) is 0 Å². The summed E-state index contributed by atoms with van der Waals surface area (Å²) in [6.07, 6.45) is 0. The molecule has 0 atom stereocenters. The Hall–Kier alpha value is -2.82. The van der Waals surface area contributed by atoms with Gasteiger partial charge in [0.25, 0.3) is 0 Å². The molecule has 0 aromatic heterocycles. The lowest BCUT2D eigenvalue weighted by molar-refractivity contribution is 0.204. The number of sulfonamides is 1. The molecule has 0 aliphatic rings. The molecule has 0 saturated heterocycles. The van der Waals surface area contributed by atoms with Gasteiger partial charge in [0.05, 0.1) is 32.3 Å². The first-order valence-corrected chi connectivity index (χ1v) is 10.7. The predicted molar refractivity (Wildman–Crippen MR) is 115 cm³/mol. The number of rotatable bonds is 11. The summed E-state index contributed by atoms with van der Waals surface area (Å²) in [4.78, 5) is 4.45. The van der Waals surface area contributed by atoms with E-state index >= 15 is 0 Å². The first-order valence-electron chi connectivity index (χ1n) is 9.22. The van der Waals surface area contributed by atoms with Crippen LogP contribution in [0.2, 0.25) is 0 Å². The van der Waals surface area contributed by atoms with Gasteiger partial charge in [-0.05, 0) is 35.4 Å². The summed E-state index contributed by atoms with van der Waals surface area (Å²) in [5.74, 6) is 1.52. The van der Waals surface area contributed by atoms with Crippen LogP contribution in [-0.4, -0.2) is 48.9 Å². The van der Waals surface area contributed by atoms with Crippen molar-refractivity contribution in [2.75, 3.05) is 34.5 Å². The minimum atomic E-state index is -3.60. The van der Waals surface area contributed by atoms with Gasteiger partial charge in [-0.15, -0.1) is 0 Å². The van der Waals surface area contributed by atoms with Crippen molar-refractivity contribution in [1.29, 1.82) is 0 Å². The van der Waals surface area contributed by atoms with Crippen molar-refractivity contribution in [2.24, 2.45) is 10.7 Å². The molecule has 164 valence electrons. The Morgan fingerprint density at radius 3 is 2.50 bits per heavy atom. The molecule has 2 aromatic carbocycles. The maximum absolute atomic E-state index is 12.3. The molecule has 2 rings (SSSR count). The van der Waals surface area contributed by atoms with Crippen LogP contribution in [0.4, 0.5) is 0 Å². The third-order valence-corrected chi connectivity index (χ3v) is 5.62. The molecule has 0 heterocycles. The molecule has 0 fully saturated rings. The zero-order chi connectivity index (χ0) is 22.0. The number of nitrogens with one attached hydrogen (secondary N) is 2. The van der Waals surface area contributed by atoms with Crippen LogP contribution in [0.1, 0.15) is 11.1 Å². The topological polar surface area (TPSA) is 124 Å². The molecule has 0 spiro atoms. The van der Waals surface area contributed by atoms with Crippen LogP contribution in [0.5, 0.6) is 11.5 Å². The Kier molecular flexibility index (Phi) is 8.90. The van der Waals surface area contributed by atoms with Crippen molar-refractivity contribution in [1.82, 2.24) is 10.0 Å². The Balaban J connectivity index is 1.97. The van der Waals surface area contributed by atoms with Crippen LogP contribution in [0, 0.1) is 0 Å².